The van der Waals surface area contributed by atoms with Crippen molar-refractivity contribution in [2.75, 3.05) is 0 Å². The molecule has 0 aliphatic rings. The third kappa shape index (κ3) is 2.94. The van der Waals surface area contributed by atoms with Crippen molar-refractivity contribution in [3.05, 3.63) is 52.0 Å². The van der Waals surface area contributed by atoms with Gasteiger partial charge in [-0.3, -0.25) is 9.78 Å². The fraction of sp³-hybridized carbons (Fsp3) is 0.231. The van der Waals surface area contributed by atoms with Gasteiger partial charge in [0.1, 0.15) is 6.04 Å². The molecular formula is C13H15N3OS. The van der Waals surface area contributed by atoms with E-state index >= 15 is 0 Å². The molecule has 0 aliphatic heterocycles. The van der Waals surface area contributed by atoms with Crippen LogP contribution < -0.4 is 11.1 Å². The molecule has 0 spiro atoms. The molecule has 1 amide bonds. The molecule has 5 heteroatoms. The number of amides is 1. The molecule has 3 N–H and O–H groups in total. The Morgan fingerprint density at radius 3 is 3.00 bits per heavy atom. The zero-order valence-corrected chi connectivity index (χ0v) is 10.9. The lowest BCUT2D eigenvalue weighted by atomic mass is 10.2. The molecule has 2 heterocycles. The summed E-state index contributed by atoms with van der Waals surface area (Å²) in [7, 11) is 0. The minimum absolute atomic E-state index is 0.178. The Kier molecular flexibility index (Phi) is 4.07. The number of aromatic nitrogens is 1. The monoisotopic (exact) mass is 261 g/mol. The molecule has 18 heavy (non-hydrogen) atoms. The largest absolute Gasteiger partial charge is 0.349 e. The fourth-order valence-corrected chi connectivity index (χ4v) is 2.31. The summed E-state index contributed by atoms with van der Waals surface area (Å²) in [6, 6.07) is 6.98. The predicted molar refractivity (Wildman–Crippen MR) is 72.1 cm³/mol. The Hall–Kier alpha value is -1.72. The van der Waals surface area contributed by atoms with E-state index in [-0.39, 0.29) is 5.91 Å². The average molecular weight is 261 g/mol. The molecule has 1 atom stereocenters. The number of nitrogens with zero attached hydrogens (tertiary/aromatic N) is 1. The molecule has 0 radical (unpaired) electrons. The smallest absolute Gasteiger partial charge is 0.242 e. The second-order valence-electron chi connectivity index (χ2n) is 3.98. The summed E-state index contributed by atoms with van der Waals surface area (Å²) >= 11 is 1.48. The Bertz CT molecular complexity index is 525. The van der Waals surface area contributed by atoms with Gasteiger partial charge in [0.2, 0.25) is 5.91 Å². The topological polar surface area (TPSA) is 68.0 Å². The molecule has 0 fully saturated rings. The molecular weight excluding hydrogens is 246 g/mol. The number of hydrogen-bond acceptors (Lipinski definition) is 4. The summed E-state index contributed by atoms with van der Waals surface area (Å²) in [5.74, 6) is -0.178. The number of thiophene rings is 1. The van der Waals surface area contributed by atoms with E-state index in [0.717, 1.165) is 16.1 Å². The average Bonchev–Trinajstić information content (AvgIpc) is 2.90. The van der Waals surface area contributed by atoms with E-state index < -0.39 is 6.04 Å². The van der Waals surface area contributed by atoms with Gasteiger partial charge in [-0.2, -0.15) is 0 Å². The van der Waals surface area contributed by atoms with Crippen LogP contribution in [0, 0.1) is 6.92 Å². The Morgan fingerprint density at radius 2 is 2.33 bits per heavy atom. The highest BCUT2D eigenvalue weighted by Gasteiger charge is 2.16. The van der Waals surface area contributed by atoms with E-state index in [4.69, 9.17) is 5.73 Å². The van der Waals surface area contributed by atoms with Crippen LogP contribution in [0.3, 0.4) is 0 Å². The van der Waals surface area contributed by atoms with E-state index in [0.29, 0.717) is 6.54 Å². The van der Waals surface area contributed by atoms with Crippen molar-refractivity contribution in [3.8, 4) is 0 Å². The number of carbonyl (C=O) groups is 1. The summed E-state index contributed by atoms with van der Waals surface area (Å²) in [6.45, 7) is 2.37. The van der Waals surface area contributed by atoms with Gasteiger partial charge >= 0.3 is 0 Å². The van der Waals surface area contributed by atoms with Gasteiger partial charge in [0.15, 0.2) is 0 Å². The highest BCUT2D eigenvalue weighted by atomic mass is 32.1. The van der Waals surface area contributed by atoms with Crippen molar-refractivity contribution in [3.63, 3.8) is 0 Å². The number of aryl methyl sites for hydroxylation is 1. The van der Waals surface area contributed by atoms with Crippen LogP contribution in [-0.2, 0) is 11.3 Å². The number of nitrogens with two attached hydrogens (primary N) is 1. The summed E-state index contributed by atoms with van der Waals surface area (Å²) < 4.78 is 0. The van der Waals surface area contributed by atoms with E-state index in [1.807, 2.05) is 36.6 Å². The second-order valence-corrected chi connectivity index (χ2v) is 4.96. The van der Waals surface area contributed by atoms with E-state index in [2.05, 4.69) is 10.3 Å². The normalized spacial score (nSPS) is 12.1. The van der Waals surface area contributed by atoms with Crippen molar-refractivity contribution >= 4 is 17.2 Å². The molecule has 2 rings (SSSR count). The number of nitrogens with one attached hydrogen (secondary N) is 1. The van der Waals surface area contributed by atoms with Gasteiger partial charge < -0.3 is 11.1 Å². The lowest BCUT2D eigenvalue weighted by molar-refractivity contribution is -0.122. The van der Waals surface area contributed by atoms with Gasteiger partial charge in [-0.15, -0.1) is 11.3 Å². The van der Waals surface area contributed by atoms with Crippen LogP contribution in [0.5, 0.6) is 0 Å². The van der Waals surface area contributed by atoms with Crippen molar-refractivity contribution < 1.29 is 4.79 Å². The Labute approximate surface area is 110 Å². The Balaban J connectivity index is 1.95. The van der Waals surface area contributed by atoms with Crippen LogP contribution in [0.2, 0.25) is 0 Å². The SMILES string of the molecule is Cc1cccnc1CNC(=O)C(N)c1cccs1. The van der Waals surface area contributed by atoms with E-state index in [1.165, 1.54) is 11.3 Å². The third-order valence-electron chi connectivity index (χ3n) is 2.68. The lowest BCUT2D eigenvalue weighted by Gasteiger charge is -2.11. The molecule has 0 aromatic carbocycles. The third-order valence-corrected chi connectivity index (χ3v) is 3.64. The molecule has 0 saturated heterocycles. The number of rotatable bonds is 4. The molecule has 2 aromatic heterocycles. The van der Waals surface area contributed by atoms with E-state index in [9.17, 15) is 4.79 Å². The molecule has 94 valence electrons. The van der Waals surface area contributed by atoms with Gasteiger partial charge in [-0.1, -0.05) is 12.1 Å². The summed E-state index contributed by atoms with van der Waals surface area (Å²) in [6.07, 6.45) is 1.72. The molecule has 2 aromatic rings. The quantitative estimate of drug-likeness (QED) is 0.881. The summed E-state index contributed by atoms with van der Waals surface area (Å²) in [5, 5.41) is 4.72. The summed E-state index contributed by atoms with van der Waals surface area (Å²) in [4.78, 5) is 17.0. The first-order valence-electron chi connectivity index (χ1n) is 5.65. The van der Waals surface area contributed by atoms with Crippen LogP contribution in [0.25, 0.3) is 0 Å². The molecule has 0 aliphatic carbocycles. The van der Waals surface area contributed by atoms with Crippen molar-refractivity contribution in [1.82, 2.24) is 10.3 Å². The minimum atomic E-state index is -0.603. The maximum absolute atomic E-state index is 11.9. The Morgan fingerprint density at radius 1 is 1.50 bits per heavy atom. The first kappa shape index (κ1) is 12.7. The second kappa shape index (κ2) is 5.75. The zero-order valence-electron chi connectivity index (χ0n) is 10.1. The van der Waals surface area contributed by atoms with Crippen LogP contribution in [-0.4, -0.2) is 10.9 Å². The standard InChI is InChI=1S/C13H15N3OS/c1-9-4-2-6-15-10(9)8-16-13(17)12(14)11-5-3-7-18-11/h2-7,12H,8,14H2,1H3,(H,16,17). The predicted octanol–water partition coefficient (Wildman–Crippen LogP) is 1.77. The van der Waals surface area contributed by atoms with Crippen LogP contribution in [0.4, 0.5) is 0 Å². The van der Waals surface area contributed by atoms with Crippen LogP contribution >= 0.6 is 11.3 Å². The molecule has 0 bridgehead atoms. The molecule has 0 saturated carbocycles. The fourth-order valence-electron chi connectivity index (χ4n) is 1.58. The maximum atomic E-state index is 11.9. The van der Waals surface area contributed by atoms with Gasteiger partial charge in [-0.25, -0.2) is 0 Å². The number of hydrogen-bond donors (Lipinski definition) is 2. The maximum Gasteiger partial charge on any atom is 0.242 e. The highest BCUT2D eigenvalue weighted by Crippen LogP contribution is 2.16. The number of carbonyl (C=O) groups excluding carboxylic acids is 1. The van der Waals surface area contributed by atoms with E-state index in [1.54, 1.807) is 6.20 Å². The van der Waals surface area contributed by atoms with Gasteiger partial charge in [-0.05, 0) is 30.0 Å². The van der Waals surface area contributed by atoms with Crippen molar-refractivity contribution in [2.45, 2.75) is 19.5 Å². The van der Waals surface area contributed by atoms with Crippen molar-refractivity contribution in [2.24, 2.45) is 5.73 Å². The van der Waals surface area contributed by atoms with Crippen LogP contribution in [0.1, 0.15) is 22.2 Å². The van der Waals surface area contributed by atoms with Gasteiger partial charge in [0.25, 0.3) is 0 Å². The van der Waals surface area contributed by atoms with Gasteiger partial charge in [0.05, 0.1) is 12.2 Å². The lowest BCUT2D eigenvalue weighted by Crippen LogP contribution is -2.33. The highest BCUT2D eigenvalue weighted by molar-refractivity contribution is 7.10. The van der Waals surface area contributed by atoms with Gasteiger partial charge in [0, 0.05) is 11.1 Å². The molecule has 4 nitrogen and oxygen atoms in total. The summed E-state index contributed by atoms with van der Waals surface area (Å²) in [5.41, 5.74) is 7.79. The van der Waals surface area contributed by atoms with Crippen molar-refractivity contribution in [1.29, 1.82) is 0 Å². The molecule has 1 unspecified atom stereocenters. The first-order valence-corrected chi connectivity index (χ1v) is 6.53. The first-order chi connectivity index (χ1) is 8.68. The minimum Gasteiger partial charge on any atom is -0.349 e. The zero-order chi connectivity index (χ0) is 13.0. The number of pyridine rings is 1. The van der Waals surface area contributed by atoms with Crippen LogP contribution in [0.15, 0.2) is 35.8 Å².